The second-order valence-corrected chi connectivity index (χ2v) is 4.95. The van der Waals surface area contributed by atoms with Crippen LogP contribution in [-0.4, -0.2) is 18.4 Å². The van der Waals surface area contributed by atoms with Gasteiger partial charge >= 0.3 is 6.18 Å². The number of nitrogens with one attached hydrogen (secondary N) is 2. The third kappa shape index (κ3) is 5.15. The molecule has 1 aromatic heterocycles. The first-order valence-corrected chi connectivity index (χ1v) is 7.11. The minimum atomic E-state index is -4.38. The smallest absolute Gasteiger partial charge is 0.416 e. The SMILES string of the molecule is O=C(CCNC(=O)c1ccco1)NCc1ccc(C(F)(F)F)cc1. The summed E-state index contributed by atoms with van der Waals surface area (Å²) < 4.78 is 42.2. The number of amides is 2. The van der Waals surface area contributed by atoms with Gasteiger partial charge in [-0.25, -0.2) is 0 Å². The zero-order chi connectivity index (χ0) is 17.6. The fourth-order valence-electron chi connectivity index (χ4n) is 1.89. The molecule has 0 spiro atoms. The molecule has 128 valence electrons. The van der Waals surface area contributed by atoms with Crippen molar-refractivity contribution in [3.63, 3.8) is 0 Å². The zero-order valence-electron chi connectivity index (χ0n) is 12.5. The zero-order valence-corrected chi connectivity index (χ0v) is 12.5. The molecule has 0 aliphatic rings. The predicted molar refractivity (Wildman–Crippen MR) is 78.9 cm³/mol. The van der Waals surface area contributed by atoms with Gasteiger partial charge in [-0.05, 0) is 29.8 Å². The molecule has 24 heavy (non-hydrogen) atoms. The number of halogens is 3. The van der Waals surface area contributed by atoms with Crippen LogP contribution in [-0.2, 0) is 17.5 Å². The van der Waals surface area contributed by atoms with E-state index in [1.807, 2.05) is 0 Å². The molecule has 1 heterocycles. The predicted octanol–water partition coefficient (Wildman–Crippen LogP) is 2.73. The molecule has 5 nitrogen and oxygen atoms in total. The highest BCUT2D eigenvalue weighted by atomic mass is 19.4. The highest BCUT2D eigenvalue weighted by molar-refractivity contribution is 5.91. The van der Waals surface area contributed by atoms with E-state index in [4.69, 9.17) is 4.42 Å². The average molecular weight is 340 g/mol. The minimum absolute atomic E-state index is 0.0487. The summed E-state index contributed by atoms with van der Waals surface area (Å²) in [6, 6.07) is 7.62. The van der Waals surface area contributed by atoms with Crippen LogP contribution in [0, 0.1) is 0 Å². The number of benzene rings is 1. The molecule has 0 unspecified atom stereocenters. The van der Waals surface area contributed by atoms with Gasteiger partial charge in [-0.1, -0.05) is 12.1 Å². The van der Waals surface area contributed by atoms with Crippen LogP contribution in [0.25, 0.3) is 0 Å². The largest absolute Gasteiger partial charge is 0.459 e. The van der Waals surface area contributed by atoms with Crippen molar-refractivity contribution in [3.05, 3.63) is 59.5 Å². The summed E-state index contributed by atoms with van der Waals surface area (Å²) in [6.07, 6.45) is -2.97. The van der Waals surface area contributed by atoms with Gasteiger partial charge in [0.1, 0.15) is 0 Å². The van der Waals surface area contributed by atoms with Gasteiger partial charge in [0.15, 0.2) is 5.76 Å². The maximum absolute atomic E-state index is 12.4. The van der Waals surface area contributed by atoms with Crippen molar-refractivity contribution in [1.82, 2.24) is 10.6 Å². The lowest BCUT2D eigenvalue weighted by Gasteiger charge is -2.09. The van der Waals surface area contributed by atoms with Crippen LogP contribution in [0.1, 0.15) is 28.1 Å². The Morgan fingerprint density at radius 2 is 1.75 bits per heavy atom. The summed E-state index contributed by atoms with van der Waals surface area (Å²) in [7, 11) is 0. The summed E-state index contributed by atoms with van der Waals surface area (Å²) in [6.45, 7) is 0.238. The summed E-state index contributed by atoms with van der Waals surface area (Å²) in [5.74, 6) is -0.592. The van der Waals surface area contributed by atoms with Crippen LogP contribution < -0.4 is 10.6 Å². The van der Waals surface area contributed by atoms with Crippen LogP contribution in [0.4, 0.5) is 13.2 Å². The lowest BCUT2D eigenvalue weighted by molar-refractivity contribution is -0.137. The topological polar surface area (TPSA) is 71.3 Å². The van der Waals surface area contributed by atoms with Crippen molar-refractivity contribution in [2.24, 2.45) is 0 Å². The van der Waals surface area contributed by atoms with Crippen molar-refractivity contribution in [3.8, 4) is 0 Å². The van der Waals surface area contributed by atoms with E-state index in [0.29, 0.717) is 5.56 Å². The maximum atomic E-state index is 12.4. The molecule has 0 aliphatic heterocycles. The summed E-state index contributed by atoms with van der Waals surface area (Å²) in [5, 5.41) is 5.09. The van der Waals surface area contributed by atoms with Gasteiger partial charge in [0.25, 0.3) is 5.91 Å². The second kappa shape index (κ2) is 7.67. The average Bonchev–Trinajstić information content (AvgIpc) is 3.07. The molecule has 0 radical (unpaired) electrons. The van der Waals surface area contributed by atoms with E-state index < -0.39 is 17.6 Å². The van der Waals surface area contributed by atoms with Crippen LogP contribution >= 0.6 is 0 Å². The van der Waals surface area contributed by atoms with E-state index in [-0.39, 0.29) is 31.2 Å². The fourth-order valence-corrected chi connectivity index (χ4v) is 1.89. The van der Waals surface area contributed by atoms with E-state index in [9.17, 15) is 22.8 Å². The van der Waals surface area contributed by atoms with Gasteiger partial charge in [-0.2, -0.15) is 13.2 Å². The van der Waals surface area contributed by atoms with Gasteiger partial charge in [-0.15, -0.1) is 0 Å². The lowest BCUT2D eigenvalue weighted by Crippen LogP contribution is -2.30. The number of hydrogen-bond donors (Lipinski definition) is 2. The monoisotopic (exact) mass is 340 g/mol. The van der Waals surface area contributed by atoms with Crippen molar-refractivity contribution < 1.29 is 27.2 Å². The molecule has 8 heteroatoms. The first-order chi connectivity index (χ1) is 11.4. The first kappa shape index (κ1) is 17.6. The number of alkyl halides is 3. The molecule has 0 bridgehead atoms. The lowest BCUT2D eigenvalue weighted by atomic mass is 10.1. The highest BCUT2D eigenvalue weighted by Crippen LogP contribution is 2.28. The molecule has 2 rings (SSSR count). The van der Waals surface area contributed by atoms with Crippen molar-refractivity contribution in [1.29, 1.82) is 0 Å². The number of furan rings is 1. The van der Waals surface area contributed by atoms with Crippen LogP contribution in [0.3, 0.4) is 0 Å². The molecule has 0 aliphatic carbocycles. The molecule has 2 aromatic rings. The molecular weight excluding hydrogens is 325 g/mol. The van der Waals surface area contributed by atoms with Crippen molar-refractivity contribution in [2.75, 3.05) is 6.54 Å². The van der Waals surface area contributed by atoms with E-state index in [1.54, 1.807) is 6.07 Å². The summed E-state index contributed by atoms with van der Waals surface area (Å²) >= 11 is 0. The molecule has 0 atom stereocenters. The van der Waals surface area contributed by atoms with Crippen molar-refractivity contribution >= 4 is 11.8 Å². The fraction of sp³-hybridized carbons (Fsp3) is 0.250. The summed E-state index contributed by atoms with van der Waals surface area (Å²) in [4.78, 5) is 23.2. The molecule has 1 aromatic carbocycles. The van der Waals surface area contributed by atoms with Crippen LogP contribution in [0.15, 0.2) is 47.1 Å². The van der Waals surface area contributed by atoms with E-state index in [2.05, 4.69) is 10.6 Å². The van der Waals surface area contributed by atoms with Gasteiger partial charge in [-0.3, -0.25) is 9.59 Å². The van der Waals surface area contributed by atoms with Gasteiger partial charge in [0.05, 0.1) is 11.8 Å². The number of carbonyl (C=O) groups excluding carboxylic acids is 2. The third-order valence-corrected chi connectivity index (χ3v) is 3.15. The Hall–Kier alpha value is -2.77. The minimum Gasteiger partial charge on any atom is -0.459 e. The van der Waals surface area contributed by atoms with Gasteiger partial charge in [0.2, 0.25) is 5.91 Å². The normalized spacial score (nSPS) is 11.1. The number of rotatable bonds is 6. The first-order valence-electron chi connectivity index (χ1n) is 7.11. The standard InChI is InChI=1S/C16H15F3N2O3/c17-16(18,19)12-5-3-11(4-6-12)10-21-14(22)7-8-20-15(23)13-2-1-9-24-13/h1-6,9H,7-8,10H2,(H,20,23)(H,21,22). The van der Waals surface area contributed by atoms with E-state index >= 15 is 0 Å². The maximum Gasteiger partial charge on any atom is 0.416 e. The van der Waals surface area contributed by atoms with Crippen LogP contribution in [0.2, 0.25) is 0 Å². The molecule has 0 saturated carbocycles. The Morgan fingerprint density at radius 3 is 2.33 bits per heavy atom. The molecule has 2 amide bonds. The van der Waals surface area contributed by atoms with E-state index in [0.717, 1.165) is 12.1 Å². The Labute approximate surface area is 135 Å². The Morgan fingerprint density at radius 1 is 1.04 bits per heavy atom. The van der Waals surface area contributed by atoms with E-state index in [1.165, 1.54) is 24.5 Å². The number of hydrogen-bond acceptors (Lipinski definition) is 3. The Balaban J connectivity index is 1.70. The Bertz CT molecular complexity index is 680. The number of carbonyl (C=O) groups is 2. The molecule has 2 N–H and O–H groups in total. The summed E-state index contributed by atoms with van der Waals surface area (Å²) in [5.41, 5.74) is -0.186. The second-order valence-electron chi connectivity index (χ2n) is 4.95. The third-order valence-electron chi connectivity index (χ3n) is 3.15. The van der Waals surface area contributed by atoms with Gasteiger partial charge in [0, 0.05) is 19.5 Å². The molecule has 0 saturated heterocycles. The van der Waals surface area contributed by atoms with Crippen molar-refractivity contribution in [2.45, 2.75) is 19.1 Å². The Kier molecular flexibility index (Phi) is 5.62. The molecular formula is C16H15F3N2O3. The quantitative estimate of drug-likeness (QED) is 0.849. The van der Waals surface area contributed by atoms with Gasteiger partial charge < -0.3 is 15.1 Å². The van der Waals surface area contributed by atoms with Crippen LogP contribution in [0.5, 0.6) is 0 Å². The molecule has 0 fully saturated rings. The highest BCUT2D eigenvalue weighted by Gasteiger charge is 2.29.